The number of ether oxygens (including phenoxy) is 1. The molecule has 0 aliphatic heterocycles. The van der Waals surface area contributed by atoms with Crippen molar-refractivity contribution in [3.8, 4) is 11.4 Å². The molecule has 0 saturated carbocycles. The first-order valence-electron chi connectivity index (χ1n) is 11.3. The van der Waals surface area contributed by atoms with E-state index in [0.29, 0.717) is 23.8 Å². The third-order valence-electron chi connectivity index (χ3n) is 5.25. The van der Waals surface area contributed by atoms with Gasteiger partial charge in [0, 0.05) is 22.2 Å². The number of carbonyl (C=O) groups is 2. The van der Waals surface area contributed by atoms with Crippen LogP contribution in [-0.2, 0) is 14.3 Å². The molecule has 3 rings (SSSR count). The average Bonchev–Trinajstić information content (AvgIpc) is 3.20. The molecule has 1 aliphatic rings. The molecule has 8 heteroatoms. The van der Waals surface area contributed by atoms with Crippen LogP contribution < -0.4 is 5.32 Å². The Morgan fingerprint density at radius 1 is 0.909 bits per heavy atom. The predicted molar refractivity (Wildman–Crippen MR) is 127 cm³/mol. The minimum atomic E-state index is -0.468. The van der Waals surface area contributed by atoms with Gasteiger partial charge in [-0.2, -0.15) is 0 Å². The highest BCUT2D eigenvalue weighted by molar-refractivity contribution is 5.94. The van der Waals surface area contributed by atoms with Gasteiger partial charge in [-0.1, -0.05) is 41.5 Å². The number of hydrogen-bond acceptors (Lipinski definition) is 7. The van der Waals surface area contributed by atoms with E-state index in [1.54, 1.807) is 12.1 Å². The van der Waals surface area contributed by atoms with Crippen molar-refractivity contribution in [2.24, 2.45) is 10.8 Å². The van der Waals surface area contributed by atoms with Gasteiger partial charge in [-0.05, 0) is 54.5 Å². The summed E-state index contributed by atoms with van der Waals surface area (Å²) < 4.78 is 5.48. The molecule has 0 fully saturated rings. The second kappa shape index (κ2) is 9.77. The number of rotatable bonds is 6. The molecule has 1 N–H and O–H groups in total. The third-order valence-corrected chi connectivity index (χ3v) is 5.25. The van der Waals surface area contributed by atoms with Crippen LogP contribution in [0.5, 0.6) is 0 Å². The van der Waals surface area contributed by atoms with Gasteiger partial charge in [0.1, 0.15) is 6.61 Å². The van der Waals surface area contributed by atoms with Crippen LogP contribution in [0, 0.1) is 10.8 Å². The maximum Gasteiger partial charge on any atom is 0.306 e. The number of benzene rings is 1. The van der Waals surface area contributed by atoms with Crippen LogP contribution in [0.1, 0.15) is 73.1 Å². The van der Waals surface area contributed by atoms with Gasteiger partial charge in [-0.15, -0.1) is 20.4 Å². The van der Waals surface area contributed by atoms with Crippen LogP contribution in [0.4, 0.5) is 5.69 Å². The van der Waals surface area contributed by atoms with E-state index in [-0.39, 0.29) is 23.9 Å². The molecular formula is C25H33N5O3. The smallest absolute Gasteiger partial charge is 0.306 e. The maximum atomic E-state index is 12.1. The lowest BCUT2D eigenvalue weighted by Crippen LogP contribution is -2.27. The molecular weight excluding hydrogens is 418 g/mol. The number of allylic oxidation sites excluding steroid dienone is 1. The minimum absolute atomic E-state index is 0.0519. The van der Waals surface area contributed by atoms with E-state index in [4.69, 9.17) is 4.74 Å². The lowest BCUT2D eigenvalue weighted by Gasteiger charge is -2.17. The summed E-state index contributed by atoms with van der Waals surface area (Å²) in [5, 5.41) is 20.0. The Morgan fingerprint density at radius 2 is 1.52 bits per heavy atom. The normalized spacial score (nSPS) is 14.4. The van der Waals surface area contributed by atoms with E-state index in [1.165, 1.54) is 0 Å². The molecule has 1 aromatic carbocycles. The highest BCUT2D eigenvalue weighted by atomic mass is 16.5. The number of hydrogen-bond donors (Lipinski definition) is 1. The standard InChI is InChI=1S/C25H33N5O3/c1-24(2,3)14-20(31)33-15-17-8-7-9-19(17)22-29-27-21(28-30-22)16-10-12-18(13-11-16)26-23(32)25(4,5)6/h10-13H,7-9,14-15H2,1-6H3,(H,26,32). The zero-order chi connectivity index (χ0) is 24.2. The van der Waals surface area contributed by atoms with Crippen LogP contribution in [0.3, 0.4) is 0 Å². The number of amides is 1. The van der Waals surface area contributed by atoms with Crippen LogP contribution in [-0.4, -0.2) is 38.9 Å². The first-order chi connectivity index (χ1) is 15.4. The number of anilines is 1. The molecule has 33 heavy (non-hydrogen) atoms. The van der Waals surface area contributed by atoms with E-state index in [0.717, 1.165) is 36.0 Å². The molecule has 0 radical (unpaired) electrons. The molecule has 0 saturated heterocycles. The van der Waals surface area contributed by atoms with Gasteiger partial charge in [0.2, 0.25) is 11.7 Å². The van der Waals surface area contributed by atoms with Crippen molar-refractivity contribution in [3.63, 3.8) is 0 Å². The molecule has 0 atom stereocenters. The van der Waals surface area contributed by atoms with Crippen molar-refractivity contribution < 1.29 is 14.3 Å². The fourth-order valence-corrected chi connectivity index (χ4v) is 3.37. The topological polar surface area (TPSA) is 107 Å². The molecule has 1 aromatic heterocycles. The molecule has 0 bridgehead atoms. The van der Waals surface area contributed by atoms with E-state index < -0.39 is 5.41 Å². The minimum Gasteiger partial charge on any atom is -0.461 e. The van der Waals surface area contributed by atoms with Crippen molar-refractivity contribution in [3.05, 3.63) is 35.7 Å². The van der Waals surface area contributed by atoms with Crippen molar-refractivity contribution in [2.45, 2.75) is 67.2 Å². The van der Waals surface area contributed by atoms with Gasteiger partial charge in [-0.3, -0.25) is 9.59 Å². The molecule has 1 aliphatic carbocycles. The summed E-state index contributed by atoms with van der Waals surface area (Å²) in [7, 11) is 0. The number of carbonyl (C=O) groups excluding carboxylic acids is 2. The van der Waals surface area contributed by atoms with Crippen molar-refractivity contribution >= 4 is 23.1 Å². The van der Waals surface area contributed by atoms with Crippen molar-refractivity contribution in [2.75, 3.05) is 11.9 Å². The summed E-state index contributed by atoms with van der Waals surface area (Å²) in [6.45, 7) is 11.9. The Balaban J connectivity index is 1.67. The summed E-state index contributed by atoms with van der Waals surface area (Å²) in [5.74, 6) is 0.635. The van der Waals surface area contributed by atoms with Crippen molar-refractivity contribution in [1.82, 2.24) is 20.4 Å². The van der Waals surface area contributed by atoms with Gasteiger partial charge < -0.3 is 10.1 Å². The SMILES string of the molecule is CC(C)(C)CC(=O)OCC1=C(c2nnc(-c3ccc(NC(=O)C(C)(C)C)cc3)nn2)CCC1. The summed E-state index contributed by atoms with van der Waals surface area (Å²) in [4.78, 5) is 24.2. The van der Waals surface area contributed by atoms with E-state index in [1.807, 2.05) is 53.7 Å². The highest BCUT2D eigenvalue weighted by Crippen LogP contribution is 2.32. The summed E-state index contributed by atoms with van der Waals surface area (Å²) >= 11 is 0. The highest BCUT2D eigenvalue weighted by Gasteiger charge is 2.23. The zero-order valence-corrected chi connectivity index (χ0v) is 20.4. The number of esters is 1. The van der Waals surface area contributed by atoms with Gasteiger partial charge in [0.15, 0.2) is 5.82 Å². The Bertz CT molecular complexity index is 1030. The van der Waals surface area contributed by atoms with E-state index in [9.17, 15) is 9.59 Å². The van der Waals surface area contributed by atoms with Gasteiger partial charge in [0.25, 0.3) is 0 Å². The summed E-state index contributed by atoms with van der Waals surface area (Å²) in [6, 6.07) is 7.26. The maximum absolute atomic E-state index is 12.1. The van der Waals surface area contributed by atoms with Crippen LogP contribution >= 0.6 is 0 Å². The first kappa shape index (κ1) is 24.5. The Kier molecular flexibility index (Phi) is 7.25. The Hall–Kier alpha value is -3.16. The first-order valence-corrected chi connectivity index (χ1v) is 11.3. The zero-order valence-electron chi connectivity index (χ0n) is 20.4. The molecule has 1 amide bonds. The van der Waals surface area contributed by atoms with E-state index >= 15 is 0 Å². The quantitative estimate of drug-likeness (QED) is 0.627. The monoisotopic (exact) mass is 451 g/mol. The van der Waals surface area contributed by atoms with Gasteiger partial charge >= 0.3 is 5.97 Å². The fraction of sp³-hybridized carbons (Fsp3) is 0.520. The second-order valence-corrected chi connectivity index (χ2v) is 10.7. The summed E-state index contributed by atoms with van der Waals surface area (Å²) in [6.07, 6.45) is 3.01. The predicted octanol–water partition coefficient (Wildman–Crippen LogP) is 4.84. The molecule has 8 nitrogen and oxygen atoms in total. The number of aromatic nitrogens is 4. The lowest BCUT2D eigenvalue weighted by atomic mass is 9.92. The number of nitrogens with zero attached hydrogens (tertiary/aromatic N) is 4. The molecule has 2 aromatic rings. The molecule has 0 unspecified atom stereocenters. The molecule has 0 spiro atoms. The largest absolute Gasteiger partial charge is 0.461 e. The van der Waals surface area contributed by atoms with Gasteiger partial charge in [-0.25, -0.2) is 0 Å². The van der Waals surface area contributed by atoms with Crippen molar-refractivity contribution in [1.29, 1.82) is 0 Å². The third kappa shape index (κ3) is 6.91. The van der Waals surface area contributed by atoms with Gasteiger partial charge in [0.05, 0.1) is 6.42 Å². The molecule has 1 heterocycles. The summed E-state index contributed by atoms with van der Waals surface area (Å²) in [5.41, 5.74) is 2.89. The lowest BCUT2D eigenvalue weighted by molar-refractivity contribution is -0.144. The molecule has 176 valence electrons. The van der Waals surface area contributed by atoms with Crippen LogP contribution in [0.2, 0.25) is 0 Å². The second-order valence-electron chi connectivity index (χ2n) is 10.7. The van der Waals surface area contributed by atoms with E-state index in [2.05, 4.69) is 25.7 Å². The Morgan fingerprint density at radius 3 is 2.09 bits per heavy atom. The Labute approximate surface area is 195 Å². The fourth-order valence-electron chi connectivity index (χ4n) is 3.37. The number of nitrogens with one attached hydrogen (secondary N) is 1. The average molecular weight is 452 g/mol. The van der Waals surface area contributed by atoms with Crippen LogP contribution in [0.25, 0.3) is 17.0 Å². The van der Waals surface area contributed by atoms with Crippen LogP contribution in [0.15, 0.2) is 29.8 Å².